The Morgan fingerprint density at radius 3 is 1.51 bits per heavy atom. The number of carbonyl (C=O) groups is 1. The Hall–Kier alpha value is -2.09. The van der Waals surface area contributed by atoms with Crippen molar-refractivity contribution in [2.24, 2.45) is 28.7 Å². The van der Waals surface area contributed by atoms with Gasteiger partial charge in [-0.15, -0.1) is 4.91 Å². The summed E-state index contributed by atoms with van der Waals surface area (Å²) >= 11 is 0. The highest BCUT2D eigenvalue weighted by Crippen LogP contribution is 2.40. The molecule has 36 nitrogen and oxygen atoms in total. The Labute approximate surface area is 414 Å². The quantitative estimate of drug-likeness (QED) is 0.0375. The molecule has 426 valence electrons. The molecule has 5 aliphatic rings. The maximum absolute atomic E-state index is 12.5. The van der Waals surface area contributed by atoms with Gasteiger partial charge in [-0.3, -0.25) is 18.2 Å². The molecule has 0 aromatic carbocycles. The third-order valence-corrected chi connectivity index (χ3v) is 14.3. The van der Waals surface area contributed by atoms with Crippen molar-refractivity contribution in [3.05, 3.63) is 4.91 Å². The van der Waals surface area contributed by atoms with E-state index in [4.69, 9.17) is 57.5 Å². The summed E-state index contributed by atoms with van der Waals surface area (Å²) in [6.45, 7) is 2.16. The lowest BCUT2D eigenvalue weighted by Crippen LogP contribution is -2.67. The van der Waals surface area contributed by atoms with E-state index in [0.717, 1.165) is 0 Å². The first-order valence-electron chi connectivity index (χ1n) is 21.3. The molecule has 0 radical (unpaired) electrons. The lowest BCUT2D eigenvalue weighted by atomic mass is 9.84. The third kappa shape index (κ3) is 15.8. The number of hydrogen-bond donors (Lipinski definition) is 12. The SMILES string of the molecule is CC1[C@@H](O[C@H]2C(O)C(OS(=O)(=O)O)[C@H](O[C@@H]3C(COS(=O)(=O)O)O[C@H](C)C(C)[C@H]3O)O[C@H]2N=O)OC(COS(=O)(=O)O)[C@@H](O[C@@H]2OC(C(=O)O)[C@@H](O[C@H]3OC(COS(=O)(=O)O)[C@@H](O)[C@H](O)C3N)[C@H](O)C2O)[C@@H]1C. The van der Waals surface area contributed by atoms with E-state index in [9.17, 15) is 88.2 Å². The molecule has 0 spiro atoms. The number of nitroso groups, excluding NO2 is 1. The molecular formula is C33H56N2O34S4. The van der Waals surface area contributed by atoms with Gasteiger partial charge >= 0.3 is 47.6 Å². The molecule has 0 bridgehead atoms. The van der Waals surface area contributed by atoms with Crippen LogP contribution in [-0.4, -0.2) is 249 Å². The molecule has 0 aliphatic carbocycles. The lowest BCUT2D eigenvalue weighted by molar-refractivity contribution is -0.374. The van der Waals surface area contributed by atoms with E-state index in [1.165, 1.54) is 27.7 Å². The smallest absolute Gasteiger partial charge is 0.397 e. The van der Waals surface area contributed by atoms with Crippen LogP contribution >= 0.6 is 0 Å². The summed E-state index contributed by atoms with van der Waals surface area (Å²) < 4.78 is 198. The summed E-state index contributed by atoms with van der Waals surface area (Å²) in [7, 11) is -21.2. The molecule has 5 fully saturated rings. The van der Waals surface area contributed by atoms with E-state index in [1.54, 1.807) is 0 Å². The number of rotatable bonds is 21. The van der Waals surface area contributed by atoms with Crippen LogP contribution < -0.4 is 5.73 Å². The molecule has 73 heavy (non-hydrogen) atoms. The van der Waals surface area contributed by atoms with Gasteiger partial charge in [0.05, 0.1) is 44.2 Å². The summed E-state index contributed by atoms with van der Waals surface area (Å²) in [5, 5.41) is 78.8. The average molecular weight is 1150 g/mol. The van der Waals surface area contributed by atoms with Crippen LogP contribution in [0.1, 0.15) is 27.7 Å². The molecule has 5 saturated heterocycles. The maximum atomic E-state index is 12.5. The van der Waals surface area contributed by atoms with Crippen molar-refractivity contribution >= 4 is 47.6 Å². The molecule has 0 saturated carbocycles. The molecular weight excluding hydrogens is 1100 g/mol. The third-order valence-electron chi connectivity index (χ3n) is 12.5. The van der Waals surface area contributed by atoms with E-state index < -0.39 is 220 Å². The number of nitrogens with two attached hydrogens (primary N) is 1. The van der Waals surface area contributed by atoms with Gasteiger partial charge in [0.1, 0.15) is 67.1 Å². The molecule has 0 amide bonds. The number of carboxylic acid groups (broad SMARTS) is 1. The molecule has 0 aromatic rings. The normalized spacial score (nSPS) is 44.3. The number of carboxylic acids is 1. The second-order valence-electron chi connectivity index (χ2n) is 17.4. The van der Waals surface area contributed by atoms with Crippen LogP contribution in [0.25, 0.3) is 0 Å². The van der Waals surface area contributed by atoms with Crippen molar-refractivity contribution in [2.45, 2.75) is 163 Å². The first-order chi connectivity index (χ1) is 33.5. The van der Waals surface area contributed by atoms with E-state index >= 15 is 0 Å². The minimum atomic E-state index is -5.62. The molecule has 0 aromatic heterocycles. The van der Waals surface area contributed by atoms with E-state index in [0.29, 0.717) is 0 Å². The molecule has 5 heterocycles. The van der Waals surface area contributed by atoms with E-state index in [-0.39, 0.29) is 0 Å². The van der Waals surface area contributed by atoms with Crippen LogP contribution in [0, 0.1) is 22.7 Å². The minimum Gasteiger partial charge on any atom is -0.479 e. The molecule has 5 rings (SSSR count). The van der Waals surface area contributed by atoms with Crippen LogP contribution in [-0.2, 0) is 106 Å². The van der Waals surface area contributed by atoms with Crippen LogP contribution in [0.4, 0.5) is 0 Å². The number of ether oxygens (including phenoxy) is 9. The van der Waals surface area contributed by atoms with Crippen molar-refractivity contribution in [2.75, 3.05) is 19.8 Å². The van der Waals surface area contributed by atoms with Gasteiger partial charge in [0, 0.05) is 11.8 Å². The zero-order chi connectivity index (χ0) is 55.0. The number of aliphatic hydroxyl groups excluding tert-OH is 6. The van der Waals surface area contributed by atoms with Gasteiger partial charge < -0.3 is 84.1 Å². The molecule has 5 aliphatic heterocycles. The van der Waals surface area contributed by atoms with Crippen LogP contribution in [0.15, 0.2) is 5.18 Å². The summed E-state index contributed by atoms with van der Waals surface area (Å²) in [4.78, 5) is 24.9. The summed E-state index contributed by atoms with van der Waals surface area (Å²) in [5.41, 5.74) is 5.88. The standard InChI is InChI=1S/C33H56N2O34S4/c1-8-9(2)30(66-25-21(41)26(69-73(54,55)56)33(68-28(25)35-44)64-23-14(7-59-72(51,52)53)60-11(4)10(3)16(23)36)62-13(6-58-71(48,49)50)22(8)63-32-20(40)19(39)24(27(67-32)29(42)43)65-31-15(34)18(38)17(37)12(61-31)5-57-70(45,46)47/h8-28,30-33,36-41H,5-7,34H2,1-4H3,(H,42,43)(H,45,46,47)(H,48,49,50)(H,51,52,53)(H,54,55,56)/t8-,9?,10?,11-,12?,13?,14?,15?,16-,17-,18-,19-,20?,21?,22+,23-,24+,25+,26?,27?,28-,30-,31-,32-,33-/m1/s1. The molecule has 10 unspecified atom stereocenters. The van der Waals surface area contributed by atoms with Gasteiger partial charge in [-0.1, -0.05) is 20.8 Å². The zero-order valence-electron chi connectivity index (χ0n) is 38.0. The van der Waals surface area contributed by atoms with Crippen molar-refractivity contribution in [3.8, 4) is 0 Å². The highest BCUT2D eigenvalue weighted by Gasteiger charge is 2.58. The highest BCUT2D eigenvalue weighted by atomic mass is 32.3. The number of hydrogen-bond acceptors (Lipinski definition) is 31. The van der Waals surface area contributed by atoms with Crippen LogP contribution in [0.3, 0.4) is 0 Å². The topological polar surface area (TPSA) is 552 Å². The predicted octanol–water partition coefficient (Wildman–Crippen LogP) is -6.93. The van der Waals surface area contributed by atoms with Gasteiger partial charge in [-0.25, -0.2) is 21.5 Å². The van der Waals surface area contributed by atoms with Gasteiger partial charge in [0.15, 0.2) is 37.4 Å². The fourth-order valence-corrected chi connectivity index (χ4v) is 9.73. The highest BCUT2D eigenvalue weighted by molar-refractivity contribution is 7.81. The lowest BCUT2D eigenvalue weighted by Gasteiger charge is -2.50. The molecule has 40 heteroatoms. The average Bonchev–Trinajstić information content (AvgIpc) is 3.27. The Bertz CT molecular complexity index is 2340. The number of aliphatic hydroxyl groups is 6. The number of nitrogens with zero attached hydrogens (tertiary/aromatic N) is 1. The first-order valence-corrected chi connectivity index (χ1v) is 26.8. The molecule has 25 atom stereocenters. The minimum absolute atomic E-state index is 0.841. The molecule has 13 N–H and O–H groups in total. The number of aliphatic carboxylic acids is 1. The van der Waals surface area contributed by atoms with Crippen LogP contribution in [0.5, 0.6) is 0 Å². The van der Waals surface area contributed by atoms with Crippen molar-refractivity contribution in [1.29, 1.82) is 0 Å². The largest absolute Gasteiger partial charge is 0.479 e. The Balaban J connectivity index is 1.37. The monoisotopic (exact) mass is 1150 g/mol. The summed E-state index contributed by atoms with van der Waals surface area (Å²) in [6.07, 6.45) is -42.4. The van der Waals surface area contributed by atoms with E-state index in [1.807, 2.05) is 0 Å². The maximum Gasteiger partial charge on any atom is 0.397 e. The zero-order valence-corrected chi connectivity index (χ0v) is 41.3. The summed E-state index contributed by atoms with van der Waals surface area (Å²) in [6, 6.07) is -1.77. The first kappa shape index (κ1) is 61.8. The van der Waals surface area contributed by atoms with Gasteiger partial charge in [0.2, 0.25) is 6.23 Å². The summed E-state index contributed by atoms with van der Waals surface area (Å²) in [5.74, 6) is -5.07. The predicted molar refractivity (Wildman–Crippen MR) is 222 cm³/mol. The Morgan fingerprint density at radius 2 is 0.986 bits per heavy atom. The van der Waals surface area contributed by atoms with Crippen molar-refractivity contribution in [3.63, 3.8) is 0 Å². The van der Waals surface area contributed by atoms with Crippen molar-refractivity contribution < 1.29 is 152 Å². The van der Waals surface area contributed by atoms with E-state index in [2.05, 4.69) is 21.9 Å². The van der Waals surface area contributed by atoms with Crippen LogP contribution in [0.2, 0.25) is 0 Å². The van der Waals surface area contributed by atoms with Gasteiger partial charge in [-0.05, 0) is 18.0 Å². The van der Waals surface area contributed by atoms with Gasteiger partial charge in [0.25, 0.3) is 0 Å². The van der Waals surface area contributed by atoms with Gasteiger partial charge in [-0.2, -0.15) is 33.7 Å². The Kier molecular flexibility index (Phi) is 20.5. The fraction of sp³-hybridized carbons (Fsp3) is 0.970. The van der Waals surface area contributed by atoms with Crippen molar-refractivity contribution in [1.82, 2.24) is 0 Å². The fourth-order valence-electron chi connectivity index (χ4n) is 8.32. The second-order valence-corrected chi connectivity index (χ2v) is 21.7. The second kappa shape index (κ2) is 24.3. The Morgan fingerprint density at radius 1 is 0.493 bits per heavy atom.